The number of aromatic nitrogens is 4. The minimum Gasteiger partial charge on any atom is -0.353 e. The SMILES string of the molecule is CCc1cccc(C)c1Nc1cc(N2CCN(c3ncccn3)CC2)ncn1. The van der Waals surface area contributed by atoms with Crippen LogP contribution in [0.4, 0.5) is 23.3 Å². The van der Waals surface area contributed by atoms with Gasteiger partial charge >= 0.3 is 0 Å². The normalized spacial score (nSPS) is 14.2. The third-order valence-corrected chi connectivity index (χ3v) is 5.08. The Labute approximate surface area is 165 Å². The van der Waals surface area contributed by atoms with Crippen LogP contribution in [0.25, 0.3) is 0 Å². The van der Waals surface area contributed by atoms with E-state index in [4.69, 9.17) is 0 Å². The van der Waals surface area contributed by atoms with Crippen molar-refractivity contribution in [2.75, 3.05) is 41.3 Å². The van der Waals surface area contributed by atoms with Gasteiger partial charge in [0.05, 0.1) is 0 Å². The average molecular weight is 375 g/mol. The zero-order chi connectivity index (χ0) is 19.3. The molecule has 1 N–H and O–H groups in total. The van der Waals surface area contributed by atoms with Gasteiger partial charge in [-0.1, -0.05) is 25.1 Å². The molecule has 144 valence electrons. The van der Waals surface area contributed by atoms with E-state index in [0.717, 1.165) is 55.9 Å². The van der Waals surface area contributed by atoms with Crippen LogP contribution in [0.1, 0.15) is 18.1 Å². The third kappa shape index (κ3) is 3.88. The maximum atomic E-state index is 4.49. The van der Waals surface area contributed by atoms with Crippen molar-refractivity contribution in [1.82, 2.24) is 19.9 Å². The molecule has 0 bridgehead atoms. The van der Waals surface area contributed by atoms with E-state index in [-0.39, 0.29) is 0 Å². The molecule has 7 nitrogen and oxygen atoms in total. The monoisotopic (exact) mass is 375 g/mol. The van der Waals surface area contributed by atoms with E-state index in [0.29, 0.717) is 0 Å². The quantitative estimate of drug-likeness (QED) is 0.734. The molecule has 0 radical (unpaired) electrons. The predicted molar refractivity (Wildman–Crippen MR) is 112 cm³/mol. The number of para-hydroxylation sites is 1. The molecule has 0 atom stereocenters. The van der Waals surface area contributed by atoms with E-state index in [9.17, 15) is 0 Å². The molecule has 1 aliphatic heterocycles. The fraction of sp³-hybridized carbons (Fsp3) is 0.333. The Balaban J connectivity index is 1.46. The lowest BCUT2D eigenvalue weighted by Crippen LogP contribution is -2.47. The predicted octanol–water partition coefficient (Wildman–Crippen LogP) is 3.21. The van der Waals surface area contributed by atoms with Gasteiger partial charge in [-0.15, -0.1) is 0 Å². The summed E-state index contributed by atoms with van der Waals surface area (Å²) in [4.78, 5) is 22.1. The highest BCUT2D eigenvalue weighted by Gasteiger charge is 2.20. The summed E-state index contributed by atoms with van der Waals surface area (Å²) in [5.41, 5.74) is 3.65. The van der Waals surface area contributed by atoms with Crippen molar-refractivity contribution >= 4 is 23.3 Å². The standard InChI is InChI=1S/C21H25N7/c1-3-17-7-4-6-16(2)20(17)26-18-14-19(25-15-24-18)27-10-12-28(13-11-27)21-22-8-5-9-23-21/h4-9,14-15H,3,10-13H2,1-2H3,(H,24,25,26). The number of aryl methyl sites for hydroxylation is 2. The van der Waals surface area contributed by atoms with Gasteiger partial charge in [0.15, 0.2) is 0 Å². The lowest BCUT2D eigenvalue weighted by molar-refractivity contribution is 0.634. The Morgan fingerprint density at radius 3 is 2.43 bits per heavy atom. The summed E-state index contributed by atoms with van der Waals surface area (Å²) in [6.45, 7) is 7.78. The molecule has 0 amide bonds. The van der Waals surface area contributed by atoms with E-state index < -0.39 is 0 Å². The lowest BCUT2D eigenvalue weighted by atomic mass is 10.1. The summed E-state index contributed by atoms with van der Waals surface area (Å²) in [6, 6.07) is 10.2. The number of rotatable bonds is 5. The molecule has 28 heavy (non-hydrogen) atoms. The van der Waals surface area contributed by atoms with Crippen molar-refractivity contribution < 1.29 is 0 Å². The van der Waals surface area contributed by atoms with Gasteiger partial charge in [-0.3, -0.25) is 0 Å². The minimum absolute atomic E-state index is 0.791. The molecule has 1 saturated heterocycles. The summed E-state index contributed by atoms with van der Waals surface area (Å²) in [6.07, 6.45) is 6.18. The number of nitrogens with zero attached hydrogens (tertiary/aromatic N) is 6. The summed E-state index contributed by atoms with van der Waals surface area (Å²) >= 11 is 0. The van der Waals surface area contributed by atoms with E-state index in [1.807, 2.05) is 12.1 Å². The van der Waals surface area contributed by atoms with Crippen LogP contribution in [0.15, 0.2) is 49.1 Å². The second-order valence-electron chi connectivity index (χ2n) is 6.87. The molecule has 4 rings (SSSR count). The van der Waals surface area contributed by atoms with E-state index in [1.54, 1.807) is 18.7 Å². The van der Waals surface area contributed by atoms with Gasteiger partial charge in [-0.05, 0) is 30.5 Å². The van der Waals surface area contributed by atoms with Crippen molar-refractivity contribution in [2.45, 2.75) is 20.3 Å². The number of benzene rings is 1. The topological polar surface area (TPSA) is 70.1 Å². The van der Waals surface area contributed by atoms with Crippen LogP contribution in [-0.4, -0.2) is 46.1 Å². The molecule has 0 saturated carbocycles. The Morgan fingerprint density at radius 1 is 0.929 bits per heavy atom. The van der Waals surface area contributed by atoms with Crippen LogP contribution in [0.2, 0.25) is 0 Å². The van der Waals surface area contributed by atoms with Gasteiger partial charge in [0.25, 0.3) is 0 Å². The highest BCUT2D eigenvalue weighted by Crippen LogP contribution is 2.26. The van der Waals surface area contributed by atoms with Crippen molar-refractivity contribution in [3.63, 3.8) is 0 Å². The van der Waals surface area contributed by atoms with Crippen molar-refractivity contribution in [1.29, 1.82) is 0 Å². The van der Waals surface area contributed by atoms with Crippen LogP contribution in [0.5, 0.6) is 0 Å². The fourth-order valence-corrected chi connectivity index (χ4v) is 3.51. The average Bonchev–Trinajstić information content (AvgIpc) is 2.76. The van der Waals surface area contributed by atoms with Crippen molar-refractivity contribution in [3.8, 4) is 0 Å². The molecule has 2 aromatic heterocycles. The molecule has 3 aromatic rings. The van der Waals surface area contributed by atoms with Gasteiger partial charge in [0.1, 0.15) is 18.0 Å². The summed E-state index contributed by atoms with van der Waals surface area (Å²) in [5, 5.41) is 3.50. The smallest absolute Gasteiger partial charge is 0.225 e. The first-order valence-corrected chi connectivity index (χ1v) is 9.69. The second-order valence-corrected chi connectivity index (χ2v) is 6.87. The molecule has 0 spiro atoms. The first-order chi connectivity index (χ1) is 13.7. The molecule has 7 heteroatoms. The van der Waals surface area contributed by atoms with Crippen molar-refractivity contribution in [3.05, 3.63) is 60.2 Å². The Bertz CT molecular complexity index is 921. The van der Waals surface area contributed by atoms with E-state index in [1.165, 1.54) is 11.1 Å². The summed E-state index contributed by atoms with van der Waals surface area (Å²) in [5.74, 6) is 2.56. The van der Waals surface area contributed by atoms with Gasteiger partial charge < -0.3 is 15.1 Å². The molecular weight excluding hydrogens is 350 g/mol. The molecule has 3 heterocycles. The number of piperazine rings is 1. The molecule has 0 unspecified atom stereocenters. The highest BCUT2D eigenvalue weighted by molar-refractivity contribution is 5.66. The Hall–Kier alpha value is -3.22. The van der Waals surface area contributed by atoms with E-state index >= 15 is 0 Å². The van der Waals surface area contributed by atoms with E-state index in [2.05, 4.69) is 67.1 Å². The van der Waals surface area contributed by atoms with Gasteiger partial charge in [-0.25, -0.2) is 19.9 Å². The first kappa shape index (κ1) is 18.2. The maximum Gasteiger partial charge on any atom is 0.225 e. The number of hydrogen-bond donors (Lipinski definition) is 1. The number of anilines is 4. The first-order valence-electron chi connectivity index (χ1n) is 9.69. The molecular formula is C21H25N7. The van der Waals surface area contributed by atoms with Crippen LogP contribution in [-0.2, 0) is 6.42 Å². The lowest BCUT2D eigenvalue weighted by Gasteiger charge is -2.35. The van der Waals surface area contributed by atoms with Crippen LogP contribution >= 0.6 is 0 Å². The maximum absolute atomic E-state index is 4.49. The van der Waals surface area contributed by atoms with Gasteiger partial charge in [0.2, 0.25) is 5.95 Å². The van der Waals surface area contributed by atoms with Crippen molar-refractivity contribution in [2.24, 2.45) is 0 Å². The third-order valence-electron chi connectivity index (χ3n) is 5.08. The van der Waals surface area contributed by atoms with Gasteiger partial charge in [-0.2, -0.15) is 0 Å². The molecule has 1 aliphatic rings. The molecule has 1 aromatic carbocycles. The minimum atomic E-state index is 0.791. The molecule has 1 fully saturated rings. The van der Waals surface area contributed by atoms with Crippen LogP contribution < -0.4 is 15.1 Å². The second kappa shape index (κ2) is 8.21. The zero-order valence-corrected chi connectivity index (χ0v) is 16.3. The fourth-order valence-electron chi connectivity index (χ4n) is 3.51. The Kier molecular flexibility index (Phi) is 5.32. The Morgan fingerprint density at radius 2 is 1.68 bits per heavy atom. The number of hydrogen-bond acceptors (Lipinski definition) is 7. The molecule has 0 aliphatic carbocycles. The largest absolute Gasteiger partial charge is 0.353 e. The van der Waals surface area contributed by atoms with Crippen LogP contribution in [0, 0.1) is 6.92 Å². The highest BCUT2D eigenvalue weighted by atomic mass is 15.3. The number of nitrogens with one attached hydrogen (secondary N) is 1. The summed E-state index contributed by atoms with van der Waals surface area (Å²) in [7, 11) is 0. The van der Waals surface area contributed by atoms with Gasteiger partial charge in [0, 0.05) is 50.3 Å². The summed E-state index contributed by atoms with van der Waals surface area (Å²) < 4.78 is 0. The zero-order valence-electron chi connectivity index (χ0n) is 16.3. The van der Waals surface area contributed by atoms with Crippen LogP contribution in [0.3, 0.4) is 0 Å².